The van der Waals surface area contributed by atoms with Gasteiger partial charge < -0.3 is 4.74 Å². The van der Waals surface area contributed by atoms with Crippen molar-refractivity contribution in [3.05, 3.63) is 28.2 Å². The van der Waals surface area contributed by atoms with Crippen LogP contribution in [-0.4, -0.2) is 25.7 Å². The van der Waals surface area contributed by atoms with Crippen LogP contribution in [-0.2, 0) is 0 Å². The molecular formula is C10H11BrClNO. The van der Waals surface area contributed by atoms with Crippen molar-refractivity contribution in [1.29, 1.82) is 0 Å². The van der Waals surface area contributed by atoms with E-state index >= 15 is 0 Å². The van der Waals surface area contributed by atoms with Crippen LogP contribution in [0.2, 0.25) is 0 Å². The molecule has 0 fully saturated rings. The normalized spacial score (nSPS) is 13.1. The molecule has 0 unspecified atom stereocenters. The van der Waals surface area contributed by atoms with E-state index in [1.54, 1.807) is 0 Å². The average molecular weight is 277 g/mol. The first kappa shape index (κ1) is 11.5. The molecule has 0 aromatic heterocycles. The van der Waals surface area contributed by atoms with Crippen molar-refractivity contribution in [3.63, 3.8) is 0 Å². The number of ether oxygens (including phenoxy) is 1. The van der Waals surface area contributed by atoms with Gasteiger partial charge in [0.05, 0.1) is 6.54 Å². The Morgan fingerprint density at radius 2 is 2.21 bits per heavy atom. The Morgan fingerprint density at radius 3 is 3.00 bits per heavy atom. The van der Waals surface area contributed by atoms with E-state index in [9.17, 15) is 0 Å². The second kappa shape index (κ2) is 6.04. The summed E-state index contributed by atoms with van der Waals surface area (Å²) < 4.78 is 6.51. The van der Waals surface area contributed by atoms with Gasteiger partial charge in [-0.2, -0.15) is 0 Å². The Bertz CT molecular complexity index is 328. The highest BCUT2D eigenvalue weighted by atomic mass is 79.9. The van der Waals surface area contributed by atoms with Crippen molar-refractivity contribution in [2.45, 2.75) is 0 Å². The molecule has 0 spiro atoms. The monoisotopic (exact) mass is 275 g/mol. The van der Waals surface area contributed by atoms with Crippen molar-refractivity contribution < 1.29 is 4.74 Å². The molecule has 0 amide bonds. The minimum atomic E-state index is 0.667. The molecule has 1 aromatic rings. The Hall–Kier alpha value is -0.540. The Kier molecular flexibility index (Phi) is 4.98. The van der Waals surface area contributed by atoms with Gasteiger partial charge >= 0.3 is 0 Å². The van der Waals surface area contributed by atoms with Gasteiger partial charge in [-0.3, -0.25) is 4.99 Å². The molecule has 1 aliphatic rings. The molecule has 0 atom stereocenters. The van der Waals surface area contributed by atoms with Crippen molar-refractivity contribution in [1.82, 2.24) is 0 Å². The zero-order valence-electron chi connectivity index (χ0n) is 7.84. The van der Waals surface area contributed by atoms with E-state index in [0.29, 0.717) is 6.61 Å². The summed E-state index contributed by atoms with van der Waals surface area (Å²) in [5.74, 6) is 0.908. The molecule has 1 aromatic carbocycles. The summed E-state index contributed by atoms with van der Waals surface area (Å²) in [5.41, 5.74) is 1.05. The maximum absolute atomic E-state index is 5.47. The van der Waals surface area contributed by atoms with E-state index in [1.165, 1.54) is 6.38 Å². The molecule has 0 saturated carbocycles. The predicted molar refractivity (Wildman–Crippen MR) is 63.9 cm³/mol. The topological polar surface area (TPSA) is 21.6 Å². The Morgan fingerprint density at radius 1 is 1.43 bits per heavy atom. The SMILES string of the molecule is Brc1ccc2c(c1)OCCN=C2.CCl. The van der Waals surface area contributed by atoms with E-state index in [0.717, 1.165) is 22.3 Å². The summed E-state index contributed by atoms with van der Waals surface area (Å²) in [4.78, 5) is 4.18. The van der Waals surface area contributed by atoms with E-state index < -0.39 is 0 Å². The van der Waals surface area contributed by atoms with Crippen LogP contribution in [0.15, 0.2) is 27.7 Å². The van der Waals surface area contributed by atoms with Crippen molar-refractivity contribution in [3.8, 4) is 5.75 Å². The molecule has 0 bridgehead atoms. The number of nitrogens with zero attached hydrogens (tertiary/aromatic N) is 1. The molecule has 1 heterocycles. The summed E-state index contributed by atoms with van der Waals surface area (Å²) >= 11 is 8.03. The van der Waals surface area contributed by atoms with Gasteiger partial charge in [0.15, 0.2) is 0 Å². The summed E-state index contributed by atoms with van der Waals surface area (Å²) in [6.45, 7) is 1.41. The van der Waals surface area contributed by atoms with Crippen molar-refractivity contribution >= 4 is 33.7 Å². The number of alkyl halides is 1. The molecule has 1 aliphatic heterocycles. The number of fused-ring (bicyclic) bond motifs is 1. The fourth-order valence-corrected chi connectivity index (χ4v) is 1.45. The van der Waals surface area contributed by atoms with Gasteiger partial charge in [-0.1, -0.05) is 15.9 Å². The van der Waals surface area contributed by atoms with Crippen molar-refractivity contribution in [2.24, 2.45) is 4.99 Å². The number of benzene rings is 1. The first-order chi connectivity index (χ1) is 6.86. The van der Waals surface area contributed by atoms with Crippen LogP contribution < -0.4 is 4.74 Å². The summed E-state index contributed by atoms with van der Waals surface area (Å²) in [7, 11) is 0. The van der Waals surface area contributed by atoms with E-state index in [2.05, 4.69) is 32.5 Å². The fraction of sp³-hybridized carbons (Fsp3) is 0.300. The molecule has 2 nitrogen and oxygen atoms in total. The van der Waals surface area contributed by atoms with Gasteiger partial charge in [0, 0.05) is 22.6 Å². The van der Waals surface area contributed by atoms with Gasteiger partial charge in [-0.25, -0.2) is 0 Å². The Balaban J connectivity index is 0.000000461. The van der Waals surface area contributed by atoms with E-state index in [-0.39, 0.29) is 0 Å². The molecule has 0 saturated heterocycles. The molecule has 0 radical (unpaired) electrons. The first-order valence-electron chi connectivity index (χ1n) is 4.16. The van der Waals surface area contributed by atoms with E-state index in [1.807, 2.05) is 24.4 Å². The first-order valence-corrected chi connectivity index (χ1v) is 5.71. The lowest BCUT2D eigenvalue weighted by Crippen LogP contribution is -1.98. The third-order valence-corrected chi connectivity index (χ3v) is 2.18. The van der Waals surface area contributed by atoms with Crippen molar-refractivity contribution in [2.75, 3.05) is 19.5 Å². The van der Waals surface area contributed by atoms with Gasteiger partial charge in [-0.05, 0) is 18.2 Å². The predicted octanol–water partition coefficient (Wildman–Crippen LogP) is 3.12. The third kappa shape index (κ3) is 3.00. The van der Waals surface area contributed by atoms with Crippen LogP contribution in [0.25, 0.3) is 0 Å². The molecule has 14 heavy (non-hydrogen) atoms. The molecule has 0 N–H and O–H groups in total. The van der Waals surface area contributed by atoms with Crippen LogP contribution in [0.4, 0.5) is 0 Å². The lowest BCUT2D eigenvalue weighted by Gasteiger charge is -2.04. The lowest BCUT2D eigenvalue weighted by molar-refractivity contribution is 0.331. The summed E-state index contributed by atoms with van der Waals surface area (Å²) in [6.07, 6.45) is 3.33. The largest absolute Gasteiger partial charge is 0.491 e. The molecule has 2 rings (SSSR count). The molecule has 0 aliphatic carbocycles. The number of rotatable bonds is 0. The highest BCUT2D eigenvalue weighted by Gasteiger charge is 2.04. The molecular weight excluding hydrogens is 265 g/mol. The molecule has 76 valence electrons. The van der Waals surface area contributed by atoms with E-state index in [4.69, 9.17) is 4.74 Å². The smallest absolute Gasteiger partial charge is 0.129 e. The van der Waals surface area contributed by atoms with Crippen LogP contribution in [0, 0.1) is 0 Å². The standard InChI is InChI=1S/C9H8BrNO.CH3Cl/c10-8-2-1-7-6-11-3-4-12-9(7)5-8;1-2/h1-2,5-6H,3-4H2;1H3. The maximum Gasteiger partial charge on any atom is 0.129 e. The van der Waals surface area contributed by atoms with Crippen LogP contribution >= 0.6 is 27.5 Å². The number of hydrogen-bond donors (Lipinski definition) is 0. The minimum Gasteiger partial charge on any atom is -0.491 e. The van der Waals surface area contributed by atoms with Gasteiger partial charge in [0.25, 0.3) is 0 Å². The van der Waals surface area contributed by atoms with Gasteiger partial charge in [0.1, 0.15) is 12.4 Å². The van der Waals surface area contributed by atoms with Crippen LogP contribution in [0.5, 0.6) is 5.75 Å². The number of hydrogen-bond acceptors (Lipinski definition) is 2. The highest BCUT2D eigenvalue weighted by molar-refractivity contribution is 9.10. The minimum absolute atomic E-state index is 0.667. The van der Waals surface area contributed by atoms with Gasteiger partial charge in [-0.15, -0.1) is 11.6 Å². The van der Waals surface area contributed by atoms with Crippen LogP contribution in [0.1, 0.15) is 5.56 Å². The zero-order chi connectivity index (χ0) is 10.4. The molecule has 4 heteroatoms. The number of halogens is 2. The average Bonchev–Trinajstić information content (AvgIpc) is 2.45. The maximum atomic E-state index is 5.47. The van der Waals surface area contributed by atoms with Gasteiger partial charge in [0.2, 0.25) is 0 Å². The second-order valence-corrected chi connectivity index (χ2v) is 3.48. The highest BCUT2D eigenvalue weighted by Crippen LogP contribution is 2.23. The second-order valence-electron chi connectivity index (χ2n) is 2.57. The van der Waals surface area contributed by atoms with Crippen LogP contribution in [0.3, 0.4) is 0 Å². The quantitative estimate of drug-likeness (QED) is 0.667. The fourth-order valence-electron chi connectivity index (χ4n) is 1.11. The summed E-state index contributed by atoms with van der Waals surface area (Å²) in [5, 5.41) is 0. The lowest BCUT2D eigenvalue weighted by atomic mass is 10.2. The summed E-state index contributed by atoms with van der Waals surface area (Å²) in [6, 6.07) is 5.94. The third-order valence-electron chi connectivity index (χ3n) is 1.68. The Labute approximate surface area is 97.1 Å². The zero-order valence-corrected chi connectivity index (χ0v) is 10.2. The number of aliphatic imine (C=N–C) groups is 1.